The highest BCUT2D eigenvalue weighted by Gasteiger charge is 2.30. The van der Waals surface area contributed by atoms with E-state index in [4.69, 9.17) is 0 Å². The molecule has 0 saturated carbocycles. The SMILES string of the molecule is CCc1ccc(NC(=O)C[C@@H](C(=O)O)N2CCN(C)CC2)cc1. The first-order valence-corrected chi connectivity index (χ1v) is 8.03. The number of rotatable bonds is 6. The molecule has 0 aliphatic carbocycles. The lowest BCUT2D eigenvalue weighted by atomic mass is 10.1. The summed E-state index contributed by atoms with van der Waals surface area (Å²) in [4.78, 5) is 27.7. The number of anilines is 1. The molecule has 6 heteroatoms. The second-order valence-corrected chi connectivity index (χ2v) is 6.00. The number of benzene rings is 1. The summed E-state index contributed by atoms with van der Waals surface area (Å²) in [5.41, 5.74) is 1.90. The zero-order chi connectivity index (χ0) is 16.8. The van der Waals surface area contributed by atoms with Gasteiger partial charge in [-0.25, -0.2) is 0 Å². The molecule has 0 aromatic heterocycles. The Hall–Kier alpha value is -1.92. The predicted octanol–water partition coefficient (Wildman–Crippen LogP) is 1.28. The van der Waals surface area contributed by atoms with Gasteiger partial charge in [0.1, 0.15) is 6.04 Å². The molecule has 1 aromatic carbocycles. The van der Waals surface area contributed by atoms with Crippen LogP contribution in [-0.4, -0.2) is 66.1 Å². The molecule has 0 radical (unpaired) electrons. The van der Waals surface area contributed by atoms with E-state index in [1.54, 1.807) is 0 Å². The first-order chi connectivity index (χ1) is 11.0. The van der Waals surface area contributed by atoms with Crippen LogP contribution in [0.1, 0.15) is 18.9 Å². The number of hydrogen-bond acceptors (Lipinski definition) is 4. The third-order valence-corrected chi connectivity index (χ3v) is 4.29. The first-order valence-electron chi connectivity index (χ1n) is 8.03. The van der Waals surface area contributed by atoms with E-state index < -0.39 is 12.0 Å². The number of amides is 1. The monoisotopic (exact) mass is 319 g/mol. The van der Waals surface area contributed by atoms with Crippen LogP contribution in [0.3, 0.4) is 0 Å². The van der Waals surface area contributed by atoms with Gasteiger partial charge in [-0.05, 0) is 31.2 Å². The topological polar surface area (TPSA) is 72.9 Å². The Bertz CT molecular complexity index is 537. The molecule has 1 aliphatic heterocycles. The summed E-state index contributed by atoms with van der Waals surface area (Å²) in [7, 11) is 2.01. The summed E-state index contributed by atoms with van der Waals surface area (Å²) in [6, 6.07) is 6.86. The number of carboxylic acid groups (broad SMARTS) is 1. The second-order valence-electron chi connectivity index (χ2n) is 6.00. The highest BCUT2D eigenvalue weighted by atomic mass is 16.4. The zero-order valence-electron chi connectivity index (χ0n) is 13.8. The molecule has 6 nitrogen and oxygen atoms in total. The zero-order valence-corrected chi connectivity index (χ0v) is 13.8. The van der Waals surface area contributed by atoms with Crippen molar-refractivity contribution in [3.63, 3.8) is 0 Å². The maximum atomic E-state index is 12.2. The van der Waals surface area contributed by atoms with Gasteiger partial charge in [-0.15, -0.1) is 0 Å². The van der Waals surface area contributed by atoms with E-state index >= 15 is 0 Å². The quantitative estimate of drug-likeness (QED) is 0.826. The number of hydrogen-bond donors (Lipinski definition) is 2. The van der Waals surface area contributed by atoms with Crippen LogP contribution in [0.25, 0.3) is 0 Å². The number of aryl methyl sites for hydroxylation is 1. The molecule has 126 valence electrons. The molecule has 0 bridgehead atoms. The van der Waals surface area contributed by atoms with Crippen molar-refractivity contribution in [2.75, 3.05) is 38.5 Å². The fourth-order valence-electron chi connectivity index (χ4n) is 2.72. The van der Waals surface area contributed by atoms with Crippen molar-refractivity contribution in [1.29, 1.82) is 0 Å². The molecule has 1 saturated heterocycles. The van der Waals surface area contributed by atoms with Gasteiger partial charge in [-0.2, -0.15) is 0 Å². The number of nitrogens with one attached hydrogen (secondary N) is 1. The van der Waals surface area contributed by atoms with E-state index in [0.717, 1.165) is 19.5 Å². The summed E-state index contributed by atoms with van der Waals surface area (Å²) in [6.07, 6.45) is 0.910. The minimum Gasteiger partial charge on any atom is -0.480 e. The van der Waals surface area contributed by atoms with Crippen LogP contribution in [0.5, 0.6) is 0 Å². The van der Waals surface area contributed by atoms with Gasteiger partial charge in [0.15, 0.2) is 0 Å². The van der Waals surface area contributed by atoms with Crippen LogP contribution in [0.4, 0.5) is 5.69 Å². The fourth-order valence-corrected chi connectivity index (χ4v) is 2.72. The number of carbonyl (C=O) groups excluding carboxylic acids is 1. The number of piperazine rings is 1. The molecular formula is C17H25N3O3. The van der Waals surface area contributed by atoms with Crippen molar-refractivity contribution in [2.45, 2.75) is 25.8 Å². The molecular weight excluding hydrogens is 294 g/mol. The lowest BCUT2D eigenvalue weighted by molar-refractivity contribution is -0.145. The van der Waals surface area contributed by atoms with E-state index in [2.05, 4.69) is 17.1 Å². The van der Waals surface area contributed by atoms with Crippen molar-refractivity contribution in [3.05, 3.63) is 29.8 Å². The summed E-state index contributed by atoms with van der Waals surface area (Å²) in [5, 5.41) is 12.2. The van der Waals surface area contributed by atoms with E-state index in [0.29, 0.717) is 18.8 Å². The molecule has 1 aromatic rings. The third-order valence-electron chi connectivity index (χ3n) is 4.29. The van der Waals surface area contributed by atoms with E-state index in [-0.39, 0.29) is 12.3 Å². The van der Waals surface area contributed by atoms with E-state index in [1.165, 1.54) is 5.56 Å². The number of nitrogens with zero attached hydrogens (tertiary/aromatic N) is 2. The van der Waals surface area contributed by atoms with Crippen LogP contribution < -0.4 is 5.32 Å². The minimum atomic E-state index is -0.939. The van der Waals surface area contributed by atoms with Gasteiger partial charge < -0.3 is 15.3 Å². The van der Waals surface area contributed by atoms with Crippen molar-refractivity contribution >= 4 is 17.6 Å². The fraction of sp³-hybridized carbons (Fsp3) is 0.529. The highest BCUT2D eigenvalue weighted by molar-refractivity contribution is 5.94. The molecule has 0 unspecified atom stereocenters. The molecule has 0 spiro atoms. The van der Waals surface area contributed by atoms with Crippen LogP contribution in [0.15, 0.2) is 24.3 Å². The molecule has 1 atom stereocenters. The molecule has 1 heterocycles. The Balaban J connectivity index is 1.93. The number of aliphatic carboxylic acids is 1. The Morgan fingerprint density at radius 1 is 1.17 bits per heavy atom. The molecule has 2 N–H and O–H groups in total. The summed E-state index contributed by atoms with van der Waals surface area (Å²) in [6.45, 7) is 5.06. The normalized spacial score (nSPS) is 17.7. The average Bonchev–Trinajstić information content (AvgIpc) is 2.54. The smallest absolute Gasteiger partial charge is 0.321 e. The number of carboxylic acids is 1. The minimum absolute atomic E-state index is 0.0332. The lowest BCUT2D eigenvalue weighted by Gasteiger charge is -2.35. The third kappa shape index (κ3) is 5.04. The summed E-state index contributed by atoms with van der Waals surface area (Å²) >= 11 is 0. The number of carbonyl (C=O) groups is 2. The largest absolute Gasteiger partial charge is 0.480 e. The van der Waals surface area contributed by atoms with Crippen LogP contribution in [-0.2, 0) is 16.0 Å². The van der Waals surface area contributed by atoms with E-state index in [1.807, 2.05) is 36.2 Å². The van der Waals surface area contributed by atoms with Gasteiger partial charge in [0, 0.05) is 31.9 Å². The van der Waals surface area contributed by atoms with Gasteiger partial charge >= 0.3 is 5.97 Å². The van der Waals surface area contributed by atoms with Gasteiger partial charge in [0.05, 0.1) is 6.42 Å². The van der Waals surface area contributed by atoms with Crippen molar-refractivity contribution in [1.82, 2.24) is 9.80 Å². The number of likely N-dealkylation sites (N-methyl/N-ethyl adjacent to an activating group) is 1. The van der Waals surface area contributed by atoms with Gasteiger partial charge in [-0.3, -0.25) is 14.5 Å². The second kappa shape index (κ2) is 8.08. The Morgan fingerprint density at radius 2 is 1.78 bits per heavy atom. The van der Waals surface area contributed by atoms with Gasteiger partial charge in [-0.1, -0.05) is 19.1 Å². The Kier molecular flexibility index (Phi) is 6.12. The summed E-state index contributed by atoms with van der Waals surface area (Å²) in [5.74, 6) is -1.20. The molecule has 1 fully saturated rings. The van der Waals surface area contributed by atoms with Gasteiger partial charge in [0.2, 0.25) is 5.91 Å². The Morgan fingerprint density at radius 3 is 2.30 bits per heavy atom. The van der Waals surface area contributed by atoms with Crippen molar-refractivity contribution in [2.24, 2.45) is 0 Å². The van der Waals surface area contributed by atoms with Crippen molar-refractivity contribution < 1.29 is 14.7 Å². The molecule has 1 amide bonds. The van der Waals surface area contributed by atoms with Gasteiger partial charge in [0.25, 0.3) is 0 Å². The van der Waals surface area contributed by atoms with Crippen LogP contribution >= 0.6 is 0 Å². The highest BCUT2D eigenvalue weighted by Crippen LogP contribution is 2.13. The molecule has 23 heavy (non-hydrogen) atoms. The van der Waals surface area contributed by atoms with Crippen molar-refractivity contribution in [3.8, 4) is 0 Å². The molecule has 2 rings (SSSR count). The maximum Gasteiger partial charge on any atom is 0.321 e. The maximum absolute atomic E-state index is 12.2. The molecule has 1 aliphatic rings. The average molecular weight is 319 g/mol. The lowest BCUT2D eigenvalue weighted by Crippen LogP contribution is -2.52. The van der Waals surface area contributed by atoms with Crippen LogP contribution in [0, 0.1) is 0 Å². The summed E-state index contributed by atoms with van der Waals surface area (Å²) < 4.78 is 0. The Labute approximate surface area is 137 Å². The predicted molar refractivity (Wildman–Crippen MR) is 89.6 cm³/mol. The van der Waals surface area contributed by atoms with E-state index in [9.17, 15) is 14.7 Å². The standard InChI is InChI=1S/C17H25N3O3/c1-3-13-4-6-14(7-5-13)18-16(21)12-15(17(22)23)20-10-8-19(2)9-11-20/h4-7,15H,3,8-12H2,1-2H3,(H,18,21)(H,22,23)/t15-/m0/s1. The first kappa shape index (κ1) is 17.4. The van der Waals surface area contributed by atoms with Crippen LogP contribution in [0.2, 0.25) is 0 Å².